The second-order valence-electron chi connectivity index (χ2n) is 1.92. The summed E-state index contributed by atoms with van der Waals surface area (Å²) < 4.78 is 0. The number of aliphatic hydroxyl groups is 2. The molecule has 0 aromatic heterocycles. The Kier molecular flexibility index (Phi) is 34.0. The van der Waals surface area contributed by atoms with E-state index in [1.807, 2.05) is 64.2 Å². The van der Waals surface area contributed by atoms with Crippen molar-refractivity contribution in [1.82, 2.24) is 0 Å². The first-order chi connectivity index (χ1) is 7.00. The summed E-state index contributed by atoms with van der Waals surface area (Å²) in [6.45, 7) is 0. The topological polar surface area (TPSA) is 40.5 Å². The summed E-state index contributed by atoms with van der Waals surface area (Å²) in [5, 5.41) is 14.0. The van der Waals surface area contributed by atoms with E-state index in [2.05, 4.69) is 0 Å². The molecule has 0 aromatic carbocycles. The van der Waals surface area contributed by atoms with Gasteiger partial charge in [0.2, 0.25) is 0 Å². The van der Waals surface area contributed by atoms with Crippen LogP contribution in [0.15, 0.2) is 0 Å². The van der Waals surface area contributed by atoms with Crippen molar-refractivity contribution in [3.05, 3.63) is 64.2 Å². The zero-order valence-corrected chi connectivity index (χ0v) is 11.6. The Morgan fingerprint density at radius 2 is 0.467 bits per heavy atom. The molecule has 0 bridgehead atoms. The van der Waals surface area contributed by atoms with Crippen LogP contribution in [-0.2, 0) is 26.2 Å². The normalized spacial score (nSPS) is 16.8. The predicted octanol–water partition coefficient (Wildman–Crippen LogP) is 1.26. The standard InChI is InChI=1S/2C5H5.2CH4O.Zr/c2*1-2-4-5-3-1;2*1-2;/h2*1-5H;2*2H,1H3;/q;;;;+2. The van der Waals surface area contributed by atoms with Gasteiger partial charge in [-0.15, -0.1) is 0 Å². The van der Waals surface area contributed by atoms with E-state index in [0.29, 0.717) is 0 Å². The fraction of sp³-hybridized carbons (Fsp3) is 0.167. The van der Waals surface area contributed by atoms with Crippen LogP contribution in [-0.4, -0.2) is 24.4 Å². The van der Waals surface area contributed by atoms with Gasteiger partial charge < -0.3 is 10.2 Å². The summed E-state index contributed by atoms with van der Waals surface area (Å²) in [7, 11) is 2.00. The summed E-state index contributed by atoms with van der Waals surface area (Å²) in [6, 6.07) is 0. The molecule has 0 spiro atoms. The van der Waals surface area contributed by atoms with Crippen molar-refractivity contribution >= 4 is 0 Å². The van der Waals surface area contributed by atoms with E-state index in [1.165, 1.54) is 0 Å². The van der Waals surface area contributed by atoms with Crippen LogP contribution in [0.1, 0.15) is 0 Å². The first-order valence-electron chi connectivity index (χ1n) is 4.23. The van der Waals surface area contributed by atoms with Crippen LogP contribution in [0.25, 0.3) is 0 Å². The molecule has 2 aliphatic rings. The van der Waals surface area contributed by atoms with Gasteiger partial charge in [-0.25, -0.2) is 0 Å². The van der Waals surface area contributed by atoms with Crippen LogP contribution in [0.3, 0.4) is 0 Å². The quantitative estimate of drug-likeness (QED) is 0.703. The van der Waals surface area contributed by atoms with E-state index in [-0.39, 0.29) is 26.2 Å². The second-order valence-corrected chi connectivity index (χ2v) is 1.92. The summed E-state index contributed by atoms with van der Waals surface area (Å²) >= 11 is 0. The minimum atomic E-state index is 0. The minimum Gasteiger partial charge on any atom is -0.400 e. The number of rotatable bonds is 0. The molecule has 0 atom stereocenters. The number of hydrogen-bond donors (Lipinski definition) is 2. The van der Waals surface area contributed by atoms with Gasteiger partial charge in [-0.1, -0.05) is 0 Å². The monoisotopic (exact) mass is 284 g/mol. The number of aliphatic hydroxyl groups excluding tert-OH is 2. The molecule has 2 saturated carbocycles. The Morgan fingerprint density at radius 3 is 0.533 bits per heavy atom. The molecule has 10 radical (unpaired) electrons. The van der Waals surface area contributed by atoms with E-state index in [1.54, 1.807) is 0 Å². The van der Waals surface area contributed by atoms with E-state index >= 15 is 0 Å². The molecule has 0 aliphatic heterocycles. The Hall–Kier alpha value is 0.803. The van der Waals surface area contributed by atoms with Gasteiger partial charge in [0.1, 0.15) is 0 Å². The molecule has 2 aliphatic carbocycles. The van der Waals surface area contributed by atoms with Crippen LogP contribution >= 0.6 is 0 Å². The second kappa shape index (κ2) is 24.2. The molecule has 2 nitrogen and oxygen atoms in total. The first-order valence-corrected chi connectivity index (χ1v) is 4.23. The fourth-order valence-electron chi connectivity index (χ4n) is 0.642. The van der Waals surface area contributed by atoms with Crippen LogP contribution in [0.5, 0.6) is 0 Å². The van der Waals surface area contributed by atoms with E-state index in [0.717, 1.165) is 14.2 Å². The Labute approximate surface area is 115 Å². The van der Waals surface area contributed by atoms with E-state index in [4.69, 9.17) is 10.2 Å². The van der Waals surface area contributed by atoms with Crippen molar-refractivity contribution in [2.75, 3.05) is 14.2 Å². The molecule has 0 aromatic rings. The van der Waals surface area contributed by atoms with Gasteiger partial charge in [-0.3, -0.25) is 0 Å². The van der Waals surface area contributed by atoms with Crippen molar-refractivity contribution < 1.29 is 36.4 Å². The predicted molar refractivity (Wildman–Crippen MR) is 59.3 cm³/mol. The summed E-state index contributed by atoms with van der Waals surface area (Å²) in [4.78, 5) is 0. The van der Waals surface area contributed by atoms with Gasteiger partial charge in [0, 0.05) is 14.2 Å². The van der Waals surface area contributed by atoms with Crippen LogP contribution in [0, 0.1) is 64.2 Å². The first kappa shape index (κ1) is 21.1. The molecule has 0 amide bonds. The Morgan fingerprint density at radius 1 is 0.400 bits per heavy atom. The largest absolute Gasteiger partial charge is 2.00 e. The zero-order chi connectivity index (χ0) is 11.1. The number of hydrogen-bond acceptors (Lipinski definition) is 2. The average Bonchev–Trinajstić information content (AvgIpc) is 3.01. The maximum absolute atomic E-state index is 7.00. The molecular formula is C12H18O2Zr+2. The van der Waals surface area contributed by atoms with Crippen molar-refractivity contribution in [3.63, 3.8) is 0 Å². The molecule has 0 saturated heterocycles. The van der Waals surface area contributed by atoms with Crippen LogP contribution in [0.2, 0.25) is 0 Å². The molecule has 2 rings (SSSR count). The molecular weight excluding hydrogens is 267 g/mol. The van der Waals surface area contributed by atoms with Crippen molar-refractivity contribution in [1.29, 1.82) is 0 Å². The van der Waals surface area contributed by atoms with Gasteiger partial charge in [-0.2, -0.15) is 0 Å². The molecule has 3 heteroatoms. The zero-order valence-electron chi connectivity index (χ0n) is 9.17. The third-order valence-corrected chi connectivity index (χ3v) is 1.11. The summed E-state index contributed by atoms with van der Waals surface area (Å²) in [6.07, 6.45) is 20.0. The van der Waals surface area contributed by atoms with Crippen molar-refractivity contribution in [3.8, 4) is 0 Å². The summed E-state index contributed by atoms with van der Waals surface area (Å²) in [5.74, 6) is 0. The SMILES string of the molecule is CO.CO.[CH]1[CH][CH][CH][CH]1.[CH]1[CH][CH][CH][CH]1.[Zr+2]. The average molecular weight is 285 g/mol. The van der Waals surface area contributed by atoms with Gasteiger partial charge in [0.05, 0.1) is 0 Å². The third kappa shape index (κ3) is 20.8. The smallest absolute Gasteiger partial charge is 0.400 e. The van der Waals surface area contributed by atoms with Crippen molar-refractivity contribution in [2.45, 2.75) is 0 Å². The van der Waals surface area contributed by atoms with E-state index in [9.17, 15) is 0 Å². The molecule has 2 N–H and O–H groups in total. The van der Waals surface area contributed by atoms with E-state index < -0.39 is 0 Å². The van der Waals surface area contributed by atoms with Crippen molar-refractivity contribution in [2.24, 2.45) is 0 Å². The molecule has 2 fully saturated rings. The molecule has 15 heavy (non-hydrogen) atoms. The Bertz CT molecular complexity index is 46.8. The van der Waals surface area contributed by atoms with Gasteiger partial charge >= 0.3 is 26.2 Å². The van der Waals surface area contributed by atoms with Crippen LogP contribution in [0.4, 0.5) is 0 Å². The maximum atomic E-state index is 7.00. The molecule has 0 heterocycles. The Balaban J connectivity index is -0.000000138. The van der Waals surface area contributed by atoms with Gasteiger partial charge in [0.25, 0.3) is 0 Å². The van der Waals surface area contributed by atoms with Gasteiger partial charge in [-0.05, 0) is 64.2 Å². The molecule has 0 unspecified atom stereocenters. The fourth-order valence-corrected chi connectivity index (χ4v) is 0.642. The maximum Gasteiger partial charge on any atom is 2.00 e. The summed E-state index contributed by atoms with van der Waals surface area (Å²) in [5.41, 5.74) is 0. The third-order valence-electron chi connectivity index (χ3n) is 1.11. The van der Waals surface area contributed by atoms with Gasteiger partial charge in [0.15, 0.2) is 0 Å². The minimum absolute atomic E-state index is 0. The molecule has 80 valence electrons. The van der Waals surface area contributed by atoms with Crippen LogP contribution < -0.4 is 0 Å².